The van der Waals surface area contributed by atoms with Crippen molar-refractivity contribution in [3.05, 3.63) is 59.4 Å². The minimum Gasteiger partial charge on any atom is -0.494 e. The van der Waals surface area contributed by atoms with Crippen molar-refractivity contribution in [3.8, 4) is 5.75 Å². The molecular weight excluding hydrogens is 351 g/mol. The fourth-order valence-electron chi connectivity index (χ4n) is 1.99. The summed E-state index contributed by atoms with van der Waals surface area (Å²) >= 11 is 0. The molecule has 0 fully saturated rings. The molecule has 0 aromatic heterocycles. The van der Waals surface area contributed by atoms with Gasteiger partial charge in [-0.05, 0) is 50.2 Å². The molecule has 0 radical (unpaired) electrons. The normalized spacial score (nSPS) is 11.6. The standard InChI is InChI=1S/C18H16F3NO4/c1-3-25-12-6-4-11(5-7-12)18(24)26-10(2)17(23)22-14-9-8-13(19)15(20)16(14)21/h4-10H,3H2,1-2H3,(H,22,23)/t10-/m1/s1. The third-order valence-electron chi connectivity index (χ3n) is 3.35. The molecule has 0 bridgehead atoms. The Morgan fingerprint density at radius 3 is 2.31 bits per heavy atom. The summed E-state index contributed by atoms with van der Waals surface area (Å²) in [4.78, 5) is 24.0. The van der Waals surface area contributed by atoms with Crippen molar-refractivity contribution in [1.29, 1.82) is 0 Å². The van der Waals surface area contributed by atoms with Crippen molar-refractivity contribution in [2.45, 2.75) is 20.0 Å². The molecule has 1 N–H and O–H groups in total. The van der Waals surface area contributed by atoms with E-state index in [1.54, 1.807) is 12.1 Å². The van der Waals surface area contributed by atoms with Crippen LogP contribution in [0.15, 0.2) is 36.4 Å². The smallest absolute Gasteiger partial charge is 0.338 e. The summed E-state index contributed by atoms with van der Waals surface area (Å²) < 4.78 is 49.8. The fourth-order valence-corrected chi connectivity index (χ4v) is 1.99. The topological polar surface area (TPSA) is 64.6 Å². The summed E-state index contributed by atoms with van der Waals surface area (Å²) in [5.74, 6) is -5.72. The lowest BCUT2D eigenvalue weighted by atomic mass is 10.2. The number of nitrogens with one attached hydrogen (secondary N) is 1. The van der Waals surface area contributed by atoms with Crippen LogP contribution in [0, 0.1) is 17.5 Å². The number of esters is 1. The summed E-state index contributed by atoms with van der Waals surface area (Å²) in [6.07, 6.45) is -1.29. The van der Waals surface area contributed by atoms with Gasteiger partial charge in [-0.25, -0.2) is 18.0 Å². The van der Waals surface area contributed by atoms with Crippen molar-refractivity contribution >= 4 is 17.6 Å². The summed E-state index contributed by atoms with van der Waals surface area (Å²) in [5.41, 5.74) is -0.370. The highest BCUT2D eigenvalue weighted by molar-refractivity contribution is 5.97. The van der Waals surface area contributed by atoms with Crippen molar-refractivity contribution < 1.29 is 32.2 Å². The highest BCUT2D eigenvalue weighted by Crippen LogP contribution is 2.20. The number of ether oxygens (including phenoxy) is 2. The van der Waals surface area contributed by atoms with Gasteiger partial charge >= 0.3 is 5.97 Å². The van der Waals surface area contributed by atoms with Crippen LogP contribution in [0.2, 0.25) is 0 Å². The molecule has 2 rings (SSSR count). The highest BCUT2D eigenvalue weighted by atomic mass is 19.2. The third kappa shape index (κ3) is 4.53. The first-order valence-corrected chi connectivity index (χ1v) is 7.71. The Morgan fingerprint density at radius 1 is 1.04 bits per heavy atom. The van der Waals surface area contributed by atoms with E-state index in [4.69, 9.17) is 9.47 Å². The maximum Gasteiger partial charge on any atom is 0.338 e. The number of carbonyl (C=O) groups excluding carboxylic acids is 2. The average molecular weight is 367 g/mol. The van der Waals surface area contributed by atoms with Crippen LogP contribution in [0.25, 0.3) is 0 Å². The molecule has 5 nitrogen and oxygen atoms in total. The Morgan fingerprint density at radius 2 is 1.69 bits per heavy atom. The van der Waals surface area contributed by atoms with Crippen molar-refractivity contribution in [2.75, 3.05) is 11.9 Å². The molecule has 8 heteroatoms. The highest BCUT2D eigenvalue weighted by Gasteiger charge is 2.22. The van der Waals surface area contributed by atoms with E-state index in [1.165, 1.54) is 19.1 Å². The summed E-state index contributed by atoms with van der Waals surface area (Å²) in [7, 11) is 0. The van der Waals surface area contributed by atoms with Crippen molar-refractivity contribution in [2.24, 2.45) is 0 Å². The first-order valence-electron chi connectivity index (χ1n) is 7.71. The average Bonchev–Trinajstić information content (AvgIpc) is 2.63. The van der Waals surface area contributed by atoms with Gasteiger partial charge < -0.3 is 14.8 Å². The van der Waals surface area contributed by atoms with Gasteiger partial charge in [-0.2, -0.15) is 0 Å². The summed E-state index contributed by atoms with van der Waals surface area (Å²) in [6.45, 7) is 3.55. The van der Waals surface area contributed by atoms with Crippen LogP contribution in [-0.4, -0.2) is 24.6 Å². The lowest BCUT2D eigenvalue weighted by Gasteiger charge is -2.14. The van der Waals surface area contributed by atoms with Gasteiger partial charge in [-0.15, -0.1) is 0 Å². The number of hydrogen-bond donors (Lipinski definition) is 1. The zero-order chi connectivity index (χ0) is 19.3. The van der Waals surface area contributed by atoms with E-state index >= 15 is 0 Å². The Bertz CT molecular complexity index is 809. The van der Waals surface area contributed by atoms with Crippen molar-refractivity contribution in [3.63, 3.8) is 0 Å². The predicted molar refractivity (Wildman–Crippen MR) is 87.4 cm³/mol. The van der Waals surface area contributed by atoms with Crippen LogP contribution in [0.1, 0.15) is 24.2 Å². The first-order chi connectivity index (χ1) is 12.3. The van der Waals surface area contributed by atoms with E-state index in [1.807, 2.05) is 12.2 Å². The number of benzene rings is 2. The molecular formula is C18H16F3NO4. The maximum atomic E-state index is 13.6. The molecule has 0 saturated heterocycles. The zero-order valence-electron chi connectivity index (χ0n) is 14.0. The van der Waals surface area contributed by atoms with Gasteiger partial charge in [0.15, 0.2) is 23.6 Å². The van der Waals surface area contributed by atoms with Gasteiger partial charge in [0, 0.05) is 0 Å². The summed E-state index contributed by atoms with van der Waals surface area (Å²) in [6, 6.07) is 7.61. The summed E-state index contributed by atoms with van der Waals surface area (Å²) in [5, 5.41) is 2.04. The number of amides is 1. The zero-order valence-corrected chi connectivity index (χ0v) is 14.0. The molecule has 1 amide bonds. The van der Waals surface area contributed by atoms with Gasteiger partial charge in [-0.3, -0.25) is 4.79 Å². The molecule has 0 spiro atoms. The molecule has 0 unspecified atom stereocenters. The van der Waals surface area contributed by atoms with Crippen LogP contribution < -0.4 is 10.1 Å². The lowest BCUT2D eigenvalue weighted by molar-refractivity contribution is -0.123. The Labute approximate surface area is 147 Å². The number of anilines is 1. The SMILES string of the molecule is CCOc1ccc(C(=O)O[C@H](C)C(=O)Nc2ccc(F)c(F)c2F)cc1. The maximum absolute atomic E-state index is 13.6. The van der Waals surface area contributed by atoms with E-state index in [0.29, 0.717) is 18.4 Å². The minimum absolute atomic E-state index is 0.187. The molecule has 1 atom stereocenters. The van der Waals surface area contributed by atoms with E-state index in [0.717, 1.165) is 6.07 Å². The number of rotatable bonds is 6. The third-order valence-corrected chi connectivity index (χ3v) is 3.35. The first kappa shape index (κ1) is 19.3. The Kier molecular flexibility index (Phi) is 6.21. The van der Waals surface area contributed by atoms with Crippen molar-refractivity contribution in [1.82, 2.24) is 0 Å². The second-order valence-electron chi connectivity index (χ2n) is 5.22. The quantitative estimate of drug-likeness (QED) is 0.625. The van der Waals surface area contributed by atoms with E-state index in [-0.39, 0.29) is 5.56 Å². The molecule has 2 aromatic carbocycles. The largest absolute Gasteiger partial charge is 0.494 e. The molecule has 0 aliphatic heterocycles. The number of halogens is 3. The van der Waals surface area contributed by atoms with E-state index in [2.05, 4.69) is 0 Å². The van der Waals surface area contributed by atoms with Gasteiger partial charge in [-0.1, -0.05) is 0 Å². The minimum atomic E-state index is -1.71. The molecule has 0 saturated carbocycles. The van der Waals surface area contributed by atoms with Crippen LogP contribution in [0.3, 0.4) is 0 Å². The van der Waals surface area contributed by atoms with Gasteiger partial charge in [0.2, 0.25) is 0 Å². The Balaban J connectivity index is 2.00. The van der Waals surface area contributed by atoms with Crippen LogP contribution in [0.4, 0.5) is 18.9 Å². The predicted octanol–water partition coefficient (Wildman–Crippen LogP) is 3.69. The second-order valence-corrected chi connectivity index (χ2v) is 5.22. The van der Waals surface area contributed by atoms with Crippen LogP contribution in [0.5, 0.6) is 5.75 Å². The van der Waals surface area contributed by atoms with Gasteiger partial charge in [0.25, 0.3) is 5.91 Å². The fraction of sp³-hybridized carbons (Fsp3) is 0.222. The molecule has 26 heavy (non-hydrogen) atoms. The van der Waals surface area contributed by atoms with E-state index < -0.39 is 41.1 Å². The van der Waals surface area contributed by atoms with Crippen LogP contribution in [-0.2, 0) is 9.53 Å². The molecule has 2 aromatic rings. The molecule has 0 heterocycles. The second kappa shape index (κ2) is 8.37. The number of carbonyl (C=O) groups is 2. The Hall–Kier alpha value is -3.03. The molecule has 0 aliphatic carbocycles. The van der Waals surface area contributed by atoms with Gasteiger partial charge in [0.1, 0.15) is 5.75 Å². The van der Waals surface area contributed by atoms with Crippen LogP contribution >= 0.6 is 0 Å². The van der Waals surface area contributed by atoms with E-state index in [9.17, 15) is 22.8 Å². The molecule has 138 valence electrons. The lowest BCUT2D eigenvalue weighted by Crippen LogP contribution is -2.30. The number of hydrogen-bond acceptors (Lipinski definition) is 4. The molecule has 0 aliphatic rings. The van der Waals surface area contributed by atoms with Gasteiger partial charge in [0.05, 0.1) is 17.9 Å². The monoisotopic (exact) mass is 367 g/mol.